The zero-order valence-electron chi connectivity index (χ0n) is 9.91. The highest BCUT2D eigenvalue weighted by Crippen LogP contribution is 2.17. The minimum absolute atomic E-state index is 0.160. The first-order valence-electron chi connectivity index (χ1n) is 6.08. The third-order valence-corrected chi connectivity index (χ3v) is 3.42. The van der Waals surface area contributed by atoms with E-state index in [1.807, 2.05) is 6.07 Å². The first-order valence-corrected chi connectivity index (χ1v) is 6.62. The van der Waals surface area contributed by atoms with Crippen LogP contribution in [0.5, 0.6) is 0 Å². The van der Waals surface area contributed by atoms with Gasteiger partial charge in [-0.15, -0.1) is 11.6 Å². The van der Waals surface area contributed by atoms with Crippen LogP contribution in [-0.4, -0.2) is 43.5 Å². The minimum atomic E-state index is -0.160. The molecule has 0 unspecified atom stereocenters. The molecule has 1 saturated heterocycles. The molecule has 4 heteroatoms. The van der Waals surface area contributed by atoms with Crippen molar-refractivity contribution < 1.29 is 4.39 Å². The maximum atomic E-state index is 13.1. The Kier molecular flexibility index (Phi) is 4.63. The number of halogens is 2. The van der Waals surface area contributed by atoms with Crippen molar-refractivity contribution in [1.82, 2.24) is 4.90 Å². The van der Waals surface area contributed by atoms with E-state index in [9.17, 15) is 4.39 Å². The maximum absolute atomic E-state index is 13.1. The highest BCUT2D eigenvalue weighted by atomic mass is 35.5. The molecule has 1 heterocycles. The molecule has 0 saturated carbocycles. The van der Waals surface area contributed by atoms with Crippen molar-refractivity contribution in [3.05, 3.63) is 30.1 Å². The third-order valence-electron chi connectivity index (χ3n) is 3.15. The average Bonchev–Trinajstić information content (AvgIpc) is 2.37. The second-order valence-electron chi connectivity index (χ2n) is 4.35. The average molecular weight is 257 g/mol. The van der Waals surface area contributed by atoms with Crippen molar-refractivity contribution in [2.75, 3.05) is 43.5 Å². The van der Waals surface area contributed by atoms with Crippen LogP contribution in [0.4, 0.5) is 10.1 Å². The van der Waals surface area contributed by atoms with Gasteiger partial charge in [0.15, 0.2) is 0 Å². The molecule has 0 radical (unpaired) electrons. The molecule has 1 aromatic rings. The molecule has 2 rings (SSSR count). The number of hydrogen-bond acceptors (Lipinski definition) is 2. The molecule has 1 aromatic carbocycles. The van der Waals surface area contributed by atoms with Crippen LogP contribution in [-0.2, 0) is 0 Å². The van der Waals surface area contributed by atoms with Gasteiger partial charge < -0.3 is 4.90 Å². The standard InChI is InChI=1S/C13H18ClFN2/c14-5-2-6-16-7-9-17(10-8-16)13-4-1-3-12(15)11-13/h1,3-4,11H,2,5-10H2. The van der Waals surface area contributed by atoms with Gasteiger partial charge in [-0.05, 0) is 31.2 Å². The molecular formula is C13H18ClFN2. The van der Waals surface area contributed by atoms with Gasteiger partial charge >= 0.3 is 0 Å². The summed E-state index contributed by atoms with van der Waals surface area (Å²) in [6.07, 6.45) is 1.04. The van der Waals surface area contributed by atoms with Gasteiger partial charge in [0.05, 0.1) is 0 Å². The van der Waals surface area contributed by atoms with Crippen molar-refractivity contribution in [2.45, 2.75) is 6.42 Å². The summed E-state index contributed by atoms with van der Waals surface area (Å²) in [4.78, 5) is 4.65. The van der Waals surface area contributed by atoms with Crippen LogP contribution < -0.4 is 4.90 Å². The summed E-state index contributed by atoms with van der Waals surface area (Å²) in [5, 5.41) is 0. The molecule has 1 fully saturated rings. The fourth-order valence-corrected chi connectivity index (χ4v) is 2.31. The fraction of sp³-hybridized carbons (Fsp3) is 0.538. The second kappa shape index (κ2) is 6.22. The van der Waals surface area contributed by atoms with E-state index in [1.54, 1.807) is 12.1 Å². The number of anilines is 1. The van der Waals surface area contributed by atoms with E-state index >= 15 is 0 Å². The molecular weight excluding hydrogens is 239 g/mol. The molecule has 2 nitrogen and oxygen atoms in total. The second-order valence-corrected chi connectivity index (χ2v) is 4.73. The van der Waals surface area contributed by atoms with Gasteiger partial charge in [-0.25, -0.2) is 4.39 Å². The van der Waals surface area contributed by atoms with Crippen LogP contribution in [0.3, 0.4) is 0 Å². The lowest BCUT2D eigenvalue weighted by Crippen LogP contribution is -2.46. The van der Waals surface area contributed by atoms with Gasteiger partial charge in [0, 0.05) is 37.7 Å². The Morgan fingerprint density at radius 1 is 1.18 bits per heavy atom. The predicted octanol–water partition coefficient (Wildman–Crippen LogP) is 2.58. The largest absolute Gasteiger partial charge is 0.369 e. The van der Waals surface area contributed by atoms with Crippen LogP contribution in [0.25, 0.3) is 0 Å². The van der Waals surface area contributed by atoms with Gasteiger partial charge in [-0.1, -0.05) is 6.07 Å². The lowest BCUT2D eigenvalue weighted by atomic mass is 10.2. The Morgan fingerprint density at radius 2 is 1.94 bits per heavy atom. The van der Waals surface area contributed by atoms with Gasteiger partial charge in [0.1, 0.15) is 5.82 Å². The molecule has 17 heavy (non-hydrogen) atoms. The van der Waals surface area contributed by atoms with Gasteiger partial charge in [-0.3, -0.25) is 4.90 Å². The van der Waals surface area contributed by atoms with Crippen LogP contribution in [0.15, 0.2) is 24.3 Å². The monoisotopic (exact) mass is 256 g/mol. The zero-order chi connectivity index (χ0) is 12.1. The highest BCUT2D eigenvalue weighted by Gasteiger charge is 2.16. The number of nitrogens with zero attached hydrogens (tertiary/aromatic N) is 2. The SMILES string of the molecule is Fc1cccc(N2CCN(CCCCl)CC2)c1. The van der Waals surface area contributed by atoms with Gasteiger partial charge in [0.2, 0.25) is 0 Å². The summed E-state index contributed by atoms with van der Waals surface area (Å²) in [5.74, 6) is 0.566. The predicted molar refractivity (Wildman–Crippen MR) is 70.4 cm³/mol. The molecule has 0 amide bonds. The van der Waals surface area contributed by atoms with Crippen molar-refractivity contribution in [1.29, 1.82) is 0 Å². The Labute approximate surface area is 107 Å². The summed E-state index contributed by atoms with van der Waals surface area (Å²) >= 11 is 5.68. The van der Waals surface area contributed by atoms with Gasteiger partial charge in [-0.2, -0.15) is 0 Å². The molecule has 0 atom stereocenters. The normalized spacial score (nSPS) is 17.4. The van der Waals surface area contributed by atoms with E-state index in [2.05, 4.69) is 9.80 Å². The summed E-state index contributed by atoms with van der Waals surface area (Å²) in [7, 11) is 0. The van der Waals surface area contributed by atoms with Gasteiger partial charge in [0.25, 0.3) is 0 Å². The van der Waals surface area contributed by atoms with Crippen molar-refractivity contribution in [3.63, 3.8) is 0 Å². The molecule has 1 aliphatic rings. The molecule has 0 bridgehead atoms. The molecule has 94 valence electrons. The first kappa shape index (κ1) is 12.7. The Bertz CT molecular complexity index is 351. The number of piperazine rings is 1. The van der Waals surface area contributed by atoms with E-state index in [0.29, 0.717) is 0 Å². The Hall–Kier alpha value is -0.800. The Balaban J connectivity index is 1.86. The number of alkyl halides is 1. The van der Waals surface area contributed by atoms with E-state index in [-0.39, 0.29) is 5.82 Å². The quantitative estimate of drug-likeness (QED) is 0.764. The maximum Gasteiger partial charge on any atom is 0.125 e. The van der Waals surface area contributed by atoms with Crippen molar-refractivity contribution in [3.8, 4) is 0 Å². The lowest BCUT2D eigenvalue weighted by Gasteiger charge is -2.36. The molecule has 0 N–H and O–H groups in total. The van der Waals surface area contributed by atoms with Crippen LogP contribution in [0.1, 0.15) is 6.42 Å². The number of benzene rings is 1. The van der Waals surface area contributed by atoms with Crippen molar-refractivity contribution in [2.24, 2.45) is 0 Å². The smallest absolute Gasteiger partial charge is 0.125 e. The van der Waals surface area contributed by atoms with E-state index in [4.69, 9.17) is 11.6 Å². The highest BCUT2D eigenvalue weighted by molar-refractivity contribution is 6.17. The summed E-state index contributed by atoms with van der Waals surface area (Å²) in [5.41, 5.74) is 0.988. The number of hydrogen-bond donors (Lipinski definition) is 0. The summed E-state index contributed by atoms with van der Waals surface area (Å²) in [6, 6.07) is 6.83. The topological polar surface area (TPSA) is 6.48 Å². The van der Waals surface area contributed by atoms with E-state index in [0.717, 1.165) is 50.7 Å². The minimum Gasteiger partial charge on any atom is -0.369 e. The molecule has 0 aromatic heterocycles. The molecule has 1 aliphatic heterocycles. The first-order chi connectivity index (χ1) is 8.29. The summed E-state index contributed by atoms with van der Waals surface area (Å²) in [6.45, 7) is 5.07. The zero-order valence-corrected chi connectivity index (χ0v) is 10.7. The van der Waals surface area contributed by atoms with E-state index in [1.165, 1.54) is 6.07 Å². The van der Waals surface area contributed by atoms with E-state index < -0.39 is 0 Å². The van der Waals surface area contributed by atoms with Crippen LogP contribution in [0, 0.1) is 5.82 Å². The van der Waals surface area contributed by atoms with Crippen LogP contribution >= 0.6 is 11.6 Å². The van der Waals surface area contributed by atoms with Crippen LogP contribution in [0.2, 0.25) is 0 Å². The molecule has 0 spiro atoms. The summed E-state index contributed by atoms with van der Waals surface area (Å²) < 4.78 is 13.1. The number of rotatable bonds is 4. The Morgan fingerprint density at radius 3 is 2.59 bits per heavy atom. The van der Waals surface area contributed by atoms with Crippen molar-refractivity contribution >= 4 is 17.3 Å². The fourth-order valence-electron chi connectivity index (χ4n) is 2.19. The molecule has 0 aliphatic carbocycles. The third kappa shape index (κ3) is 3.58. The lowest BCUT2D eigenvalue weighted by molar-refractivity contribution is 0.259.